The Kier molecular flexibility index (Phi) is 7.63. The zero-order chi connectivity index (χ0) is 26.9. The minimum atomic E-state index is -3.77. The molecule has 3 aromatic rings. The first-order chi connectivity index (χ1) is 18.2. The fourth-order valence-corrected chi connectivity index (χ4v) is 6.66. The van der Waals surface area contributed by atoms with Crippen LogP contribution in [0.3, 0.4) is 0 Å². The van der Waals surface area contributed by atoms with Crippen molar-refractivity contribution in [2.45, 2.75) is 42.6 Å². The van der Waals surface area contributed by atoms with Gasteiger partial charge in [0.05, 0.1) is 11.0 Å². The molecule has 2 heterocycles. The zero-order valence-electron chi connectivity index (χ0n) is 22.4. The number of likely N-dealkylation sites (N-methyl/N-ethyl adjacent to an activating group) is 1. The number of benzene rings is 3. The van der Waals surface area contributed by atoms with Crippen molar-refractivity contribution in [1.82, 2.24) is 4.90 Å². The molecule has 0 atom stereocenters. The highest BCUT2D eigenvalue weighted by atomic mass is 32.2. The van der Waals surface area contributed by atoms with Gasteiger partial charge in [0.1, 0.15) is 16.5 Å². The molecule has 202 valence electrons. The van der Waals surface area contributed by atoms with Crippen LogP contribution in [0, 0.1) is 5.82 Å². The van der Waals surface area contributed by atoms with Crippen molar-refractivity contribution in [2.24, 2.45) is 0 Å². The van der Waals surface area contributed by atoms with Crippen molar-refractivity contribution in [3.8, 4) is 5.75 Å². The first kappa shape index (κ1) is 26.5. The summed E-state index contributed by atoms with van der Waals surface area (Å²) in [6.07, 6.45) is 1.56. The van der Waals surface area contributed by atoms with E-state index < -0.39 is 9.84 Å². The minimum Gasteiger partial charge on any atom is -0.490 e. The molecule has 0 radical (unpaired) electrons. The molecule has 5 rings (SSSR count). The van der Waals surface area contributed by atoms with Crippen molar-refractivity contribution in [2.75, 3.05) is 56.1 Å². The molecule has 2 aliphatic heterocycles. The first-order valence-electron chi connectivity index (χ1n) is 13.3. The molecule has 0 aliphatic carbocycles. The lowest BCUT2D eigenvalue weighted by atomic mass is 10.0. The van der Waals surface area contributed by atoms with Crippen LogP contribution < -0.4 is 14.5 Å². The highest BCUT2D eigenvalue weighted by molar-refractivity contribution is 7.91. The Morgan fingerprint density at radius 1 is 0.763 bits per heavy atom. The van der Waals surface area contributed by atoms with E-state index in [1.165, 1.54) is 17.7 Å². The van der Waals surface area contributed by atoms with Crippen LogP contribution in [0.5, 0.6) is 5.75 Å². The molecule has 1 fully saturated rings. The van der Waals surface area contributed by atoms with Crippen LogP contribution >= 0.6 is 0 Å². The molecular weight excluding hydrogens is 501 g/mol. The van der Waals surface area contributed by atoms with Crippen LogP contribution in [0.1, 0.15) is 25.0 Å². The van der Waals surface area contributed by atoms with Gasteiger partial charge in [0.2, 0.25) is 9.84 Å². The normalized spacial score (nSPS) is 16.9. The number of halogens is 1. The predicted molar refractivity (Wildman–Crippen MR) is 150 cm³/mol. The van der Waals surface area contributed by atoms with Crippen LogP contribution in [0.2, 0.25) is 0 Å². The lowest BCUT2D eigenvalue weighted by molar-refractivity contribution is 0.235. The summed E-state index contributed by atoms with van der Waals surface area (Å²) in [5.41, 5.74) is 4.25. The van der Waals surface area contributed by atoms with Gasteiger partial charge >= 0.3 is 0 Å². The van der Waals surface area contributed by atoms with E-state index in [1.807, 2.05) is 50.2 Å². The summed E-state index contributed by atoms with van der Waals surface area (Å²) < 4.78 is 47.0. The fraction of sp³-hybridized carbons (Fsp3) is 0.400. The van der Waals surface area contributed by atoms with E-state index in [4.69, 9.17) is 4.74 Å². The lowest BCUT2D eigenvalue weighted by Crippen LogP contribution is -2.46. The molecule has 0 bridgehead atoms. The van der Waals surface area contributed by atoms with Crippen molar-refractivity contribution < 1.29 is 17.5 Å². The third kappa shape index (κ3) is 5.66. The van der Waals surface area contributed by atoms with E-state index in [0.717, 1.165) is 69.0 Å². The van der Waals surface area contributed by atoms with Crippen molar-refractivity contribution in [3.05, 3.63) is 77.6 Å². The number of hydrogen-bond acceptors (Lipinski definition) is 6. The smallest absolute Gasteiger partial charge is 0.210 e. The molecule has 6 nitrogen and oxygen atoms in total. The fourth-order valence-electron chi connectivity index (χ4n) is 5.24. The zero-order valence-corrected chi connectivity index (χ0v) is 23.2. The standard InChI is InChI=1S/C30H36FN3O3S/c1-22(2)37-29-20-23-12-14-32(3)15-13-24(23)21-30(29)38(35,36)28-10-8-27(9-11-28)34-18-16-33(17-19-34)26-6-4-25(31)5-7-26/h4-11,20-22H,12-19H2,1-3H3. The average Bonchev–Trinajstić information content (AvgIpc) is 3.09. The summed E-state index contributed by atoms with van der Waals surface area (Å²) in [5.74, 6) is 0.202. The van der Waals surface area contributed by atoms with E-state index in [9.17, 15) is 12.8 Å². The molecule has 1 saturated heterocycles. The quantitative estimate of drug-likeness (QED) is 0.450. The van der Waals surface area contributed by atoms with Crippen molar-refractivity contribution >= 4 is 21.2 Å². The number of hydrogen-bond donors (Lipinski definition) is 0. The second kappa shape index (κ2) is 10.9. The van der Waals surface area contributed by atoms with Gasteiger partial charge in [0.25, 0.3) is 0 Å². The summed E-state index contributed by atoms with van der Waals surface area (Å²) in [6, 6.07) is 17.6. The van der Waals surface area contributed by atoms with Gasteiger partial charge in [-0.05, 0) is 106 Å². The summed E-state index contributed by atoms with van der Waals surface area (Å²) in [6.45, 7) is 8.91. The highest BCUT2D eigenvalue weighted by Crippen LogP contribution is 2.35. The molecule has 3 aromatic carbocycles. The number of nitrogens with zero attached hydrogens (tertiary/aromatic N) is 3. The SMILES string of the molecule is CC(C)Oc1cc2c(cc1S(=O)(=O)c1ccc(N3CCN(c4ccc(F)cc4)CC3)cc1)CCN(C)CC2. The molecule has 0 N–H and O–H groups in total. The van der Waals surface area contributed by atoms with Crippen LogP contribution in [0.25, 0.3) is 0 Å². The van der Waals surface area contributed by atoms with Gasteiger partial charge in [-0.2, -0.15) is 0 Å². The summed E-state index contributed by atoms with van der Waals surface area (Å²) in [4.78, 5) is 7.28. The second-order valence-electron chi connectivity index (χ2n) is 10.5. The highest BCUT2D eigenvalue weighted by Gasteiger charge is 2.27. The maximum atomic E-state index is 13.8. The minimum absolute atomic E-state index is 0.133. The van der Waals surface area contributed by atoms with Crippen LogP contribution in [0.4, 0.5) is 15.8 Å². The van der Waals surface area contributed by atoms with Crippen LogP contribution in [-0.4, -0.2) is 65.7 Å². The first-order valence-corrected chi connectivity index (χ1v) is 14.8. The number of fused-ring (bicyclic) bond motifs is 1. The third-order valence-corrected chi connectivity index (χ3v) is 9.22. The lowest BCUT2D eigenvalue weighted by Gasteiger charge is -2.37. The maximum Gasteiger partial charge on any atom is 0.210 e. The molecule has 38 heavy (non-hydrogen) atoms. The van der Waals surface area contributed by atoms with E-state index in [0.29, 0.717) is 5.75 Å². The Labute approximate surface area is 225 Å². The molecule has 0 aromatic heterocycles. The molecule has 0 spiro atoms. The summed E-state index contributed by atoms with van der Waals surface area (Å²) in [7, 11) is -1.67. The largest absolute Gasteiger partial charge is 0.490 e. The van der Waals surface area contributed by atoms with E-state index in [2.05, 4.69) is 21.7 Å². The van der Waals surface area contributed by atoms with Gasteiger partial charge in [-0.15, -0.1) is 0 Å². The Hall–Kier alpha value is -3.10. The maximum absolute atomic E-state index is 13.8. The van der Waals surface area contributed by atoms with E-state index in [1.54, 1.807) is 12.1 Å². The number of rotatable bonds is 6. The number of sulfone groups is 1. The summed E-state index contributed by atoms with van der Waals surface area (Å²) in [5, 5.41) is 0. The topological polar surface area (TPSA) is 53.1 Å². The average molecular weight is 538 g/mol. The van der Waals surface area contributed by atoms with Gasteiger partial charge in [0, 0.05) is 50.6 Å². The van der Waals surface area contributed by atoms with E-state index in [-0.39, 0.29) is 21.7 Å². The Morgan fingerprint density at radius 2 is 1.26 bits per heavy atom. The number of anilines is 2. The van der Waals surface area contributed by atoms with Crippen LogP contribution in [-0.2, 0) is 22.7 Å². The monoisotopic (exact) mass is 537 g/mol. The molecule has 2 aliphatic rings. The molecule has 0 amide bonds. The number of piperazine rings is 1. The van der Waals surface area contributed by atoms with Crippen LogP contribution in [0.15, 0.2) is 70.5 Å². The Balaban J connectivity index is 1.36. The molecule has 0 saturated carbocycles. The van der Waals surface area contributed by atoms with Gasteiger partial charge in [-0.3, -0.25) is 0 Å². The molecule has 8 heteroatoms. The predicted octanol–water partition coefficient (Wildman–Crippen LogP) is 4.80. The second-order valence-corrected chi connectivity index (χ2v) is 12.4. The Bertz CT molecular complexity index is 1370. The van der Waals surface area contributed by atoms with Gasteiger partial charge in [0.15, 0.2) is 0 Å². The Morgan fingerprint density at radius 3 is 1.79 bits per heavy atom. The van der Waals surface area contributed by atoms with Gasteiger partial charge in [-0.1, -0.05) is 0 Å². The van der Waals surface area contributed by atoms with Gasteiger partial charge < -0.3 is 19.4 Å². The summed E-state index contributed by atoms with van der Waals surface area (Å²) >= 11 is 0. The van der Waals surface area contributed by atoms with Gasteiger partial charge in [-0.25, -0.2) is 12.8 Å². The molecular formula is C30H36FN3O3S. The molecule has 0 unspecified atom stereocenters. The third-order valence-electron chi connectivity index (χ3n) is 7.43. The van der Waals surface area contributed by atoms with Crippen molar-refractivity contribution in [3.63, 3.8) is 0 Å². The van der Waals surface area contributed by atoms with Crippen molar-refractivity contribution in [1.29, 1.82) is 0 Å². The van der Waals surface area contributed by atoms with E-state index >= 15 is 0 Å². The number of ether oxygens (including phenoxy) is 1.